The molecule has 0 saturated heterocycles. The highest BCUT2D eigenvalue weighted by atomic mass is 35.5. The second kappa shape index (κ2) is 7.11. The minimum Gasteiger partial charge on any atom is -0.239 e. The summed E-state index contributed by atoms with van der Waals surface area (Å²) in [5.41, 5.74) is 1.41. The summed E-state index contributed by atoms with van der Waals surface area (Å²) in [7, 11) is -3.42. The molecule has 0 aliphatic rings. The zero-order valence-corrected chi connectivity index (χ0v) is 15.1. The number of thiazole rings is 1. The number of nitrogens with zero attached hydrogens (tertiary/aromatic N) is 1. The largest absolute Gasteiger partial charge is 0.239 e. The molecule has 3 aromatic rings. The van der Waals surface area contributed by atoms with Crippen LogP contribution in [0.25, 0.3) is 9.88 Å². The lowest BCUT2D eigenvalue weighted by Crippen LogP contribution is -2.24. The van der Waals surface area contributed by atoms with Gasteiger partial charge in [-0.15, -0.1) is 22.7 Å². The standard InChI is InChI=1S/C15H13ClN2O2S3/c16-12-5-3-11(4-6-12)10-23(19,20)17-8-13-9-22-15(18-13)14-2-1-7-21-14/h1-7,9,17H,8,10H2. The van der Waals surface area contributed by atoms with Gasteiger partial charge in [0.25, 0.3) is 0 Å². The fourth-order valence-corrected chi connectivity index (χ4v) is 4.80. The van der Waals surface area contributed by atoms with E-state index in [1.807, 2.05) is 22.9 Å². The van der Waals surface area contributed by atoms with Crippen molar-refractivity contribution in [3.63, 3.8) is 0 Å². The summed E-state index contributed by atoms with van der Waals surface area (Å²) in [6.45, 7) is 0.192. The number of nitrogens with one attached hydrogen (secondary N) is 1. The third-order valence-electron chi connectivity index (χ3n) is 3.03. The second-order valence-electron chi connectivity index (χ2n) is 4.83. The molecular formula is C15H13ClN2O2S3. The number of halogens is 1. The predicted octanol–water partition coefficient (Wildman–Crippen LogP) is 4.14. The molecule has 0 bridgehead atoms. The van der Waals surface area contributed by atoms with Gasteiger partial charge in [-0.05, 0) is 29.1 Å². The van der Waals surface area contributed by atoms with Gasteiger partial charge < -0.3 is 0 Å². The molecule has 0 aliphatic carbocycles. The molecule has 1 aromatic carbocycles. The van der Waals surface area contributed by atoms with E-state index in [-0.39, 0.29) is 12.3 Å². The van der Waals surface area contributed by atoms with Gasteiger partial charge >= 0.3 is 0 Å². The maximum absolute atomic E-state index is 12.1. The fourth-order valence-electron chi connectivity index (χ4n) is 1.94. The minimum absolute atomic E-state index is 0.0773. The van der Waals surface area contributed by atoms with E-state index >= 15 is 0 Å². The second-order valence-corrected chi connectivity index (χ2v) is 8.88. The first-order chi connectivity index (χ1) is 11.0. The first-order valence-electron chi connectivity index (χ1n) is 6.72. The van der Waals surface area contributed by atoms with Crippen molar-refractivity contribution in [2.24, 2.45) is 0 Å². The van der Waals surface area contributed by atoms with Gasteiger partial charge in [0.1, 0.15) is 5.01 Å². The number of rotatable bonds is 6. The van der Waals surface area contributed by atoms with E-state index in [4.69, 9.17) is 11.6 Å². The first kappa shape index (κ1) is 16.6. The van der Waals surface area contributed by atoms with Crippen LogP contribution in [0, 0.1) is 0 Å². The van der Waals surface area contributed by atoms with Gasteiger partial charge in [0.05, 0.1) is 22.9 Å². The van der Waals surface area contributed by atoms with Crippen LogP contribution in [0.15, 0.2) is 47.2 Å². The van der Waals surface area contributed by atoms with Crippen molar-refractivity contribution in [3.8, 4) is 9.88 Å². The Morgan fingerprint density at radius 3 is 2.61 bits per heavy atom. The highest BCUT2D eigenvalue weighted by Gasteiger charge is 2.13. The summed E-state index contributed by atoms with van der Waals surface area (Å²) < 4.78 is 26.8. The van der Waals surface area contributed by atoms with Crippen molar-refractivity contribution in [1.82, 2.24) is 9.71 Å². The zero-order chi connectivity index (χ0) is 16.3. The Morgan fingerprint density at radius 1 is 1.13 bits per heavy atom. The lowest BCUT2D eigenvalue weighted by atomic mass is 10.2. The molecule has 120 valence electrons. The molecule has 0 fully saturated rings. The van der Waals surface area contributed by atoms with E-state index in [0.29, 0.717) is 10.6 Å². The Labute approximate surface area is 147 Å². The molecule has 2 aromatic heterocycles. The summed E-state index contributed by atoms with van der Waals surface area (Å²) in [6.07, 6.45) is 0. The van der Waals surface area contributed by atoms with Gasteiger partial charge in [-0.2, -0.15) is 0 Å². The van der Waals surface area contributed by atoms with Gasteiger partial charge in [0.2, 0.25) is 10.0 Å². The van der Waals surface area contributed by atoms with E-state index in [1.165, 1.54) is 11.3 Å². The highest BCUT2D eigenvalue weighted by Crippen LogP contribution is 2.27. The number of hydrogen-bond acceptors (Lipinski definition) is 5. The van der Waals surface area contributed by atoms with Crippen molar-refractivity contribution in [2.45, 2.75) is 12.3 Å². The Balaban J connectivity index is 1.62. The van der Waals surface area contributed by atoms with Gasteiger partial charge in [-0.25, -0.2) is 18.1 Å². The third kappa shape index (κ3) is 4.62. The van der Waals surface area contributed by atoms with E-state index < -0.39 is 10.0 Å². The summed E-state index contributed by atoms with van der Waals surface area (Å²) in [5, 5.41) is 5.36. The van der Waals surface area contributed by atoms with Gasteiger partial charge in [-0.3, -0.25) is 0 Å². The number of thiophene rings is 1. The van der Waals surface area contributed by atoms with E-state index in [9.17, 15) is 8.42 Å². The van der Waals surface area contributed by atoms with E-state index in [1.54, 1.807) is 35.6 Å². The van der Waals surface area contributed by atoms with Crippen molar-refractivity contribution in [1.29, 1.82) is 0 Å². The quantitative estimate of drug-likeness (QED) is 0.694. The molecule has 8 heteroatoms. The molecule has 0 amide bonds. The number of sulfonamides is 1. The molecule has 1 N–H and O–H groups in total. The summed E-state index contributed by atoms with van der Waals surface area (Å²) in [4.78, 5) is 5.55. The molecule has 0 radical (unpaired) electrons. The van der Waals surface area contributed by atoms with Crippen LogP contribution in [0.1, 0.15) is 11.3 Å². The van der Waals surface area contributed by atoms with Crippen LogP contribution in [0.5, 0.6) is 0 Å². The van der Waals surface area contributed by atoms with E-state index in [2.05, 4.69) is 9.71 Å². The van der Waals surface area contributed by atoms with Crippen LogP contribution in [0.4, 0.5) is 0 Å². The van der Waals surface area contributed by atoms with Crippen LogP contribution in [0.3, 0.4) is 0 Å². The Kier molecular flexibility index (Phi) is 5.13. The maximum atomic E-state index is 12.1. The molecule has 4 nitrogen and oxygen atoms in total. The minimum atomic E-state index is -3.42. The molecule has 0 atom stereocenters. The molecule has 23 heavy (non-hydrogen) atoms. The number of benzene rings is 1. The number of hydrogen-bond donors (Lipinski definition) is 1. The van der Waals surface area contributed by atoms with Gasteiger partial charge in [0, 0.05) is 10.4 Å². The lowest BCUT2D eigenvalue weighted by Gasteiger charge is -2.05. The number of aromatic nitrogens is 1. The first-order valence-corrected chi connectivity index (χ1v) is 10.5. The topological polar surface area (TPSA) is 59.1 Å². The fraction of sp³-hybridized carbons (Fsp3) is 0.133. The lowest BCUT2D eigenvalue weighted by molar-refractivity contribution is 0.580. The Bertz CT molecular complexity index is 872. The molecule has 0 aliphatic heterocycles. The van der Waals surface area contributed by atoms with Crippen LogP contribution >= 0.6 is 34.3 Å². The van der Waals surface area contributed by atoms with Crippen molar-refractivity contribution >= 4 is 44.3 Å². The monoisotopic (exact) mass is 384 g/mol. The maximum Gasteiger partial charge on any atom is 0.216 e. The van der Waals surface area contributed by atoms with Crippen LogP contribution in [-0.2, 0) is 22.3 Å². The molecule has 0 saturated carbocycles. The Morgan fingerprint density at radius 2 is 1.91 bits per heavy atom. The van der Waals surface area contributed by atoms with Gasteiger partial charge in [-0.1, -0.05) is 29.8 Å². The van der Waals surface area contributed by atoms with Crippen LogP contribution < -0.4 is 4.72 Å². The van der Waals surface area contributed by atoms with Crippen molar-refractivity contribution in [2.75, 3.05) is 0 Å². The zero-order valence-electron chi connectivity index (χ0n) is 11.9. The third-order valence-corrected chi connectivity index (χ3v) is 6.51. The van der Waals surface area contributed by atoms with Crippen molar-refractivity contribution < 1.29 is 8.42 Å². The van der Waals surface area contributed by atoms with Crippen LogP contribution in [-0.4, -0.2) is 13.4 Å². The van der Waals surface area contributed by atoms with Crippen LogP contribution in [0.2, 0.25) is 5.02 Å². The normalized spacial score (nSPS) is 11.7. The molecule has 3 rings (SSSR count). The average Bonchev–Trinajstić information content (AvgIpc) is 3.18. The summed E-state index contributed by atoms with van der Waals surface area (Å²) >= 11 is 8.93. The average molecular weight is 385 g/mol. The predicted molar refractivity (Wildman–Crippen MR) is 96.3 cm³/mol. The highest BCUT2D eigenvalue weighted by molar-refractivity contribution is 7.88. The van der Waals surface area contributed by atoms with Crippen molar-refractivity contribution in [3.05, 3.63) is 63.4 Å². The van der Waals surface area contributed by atoms with Gasteiger partial charge in [0.15, 0.2) is 0 Å². The molecular weight excluding hydrogens is 372 g/mol. The molecule has 0 unspecified atom stereocenters. The smallest absolute Gasteiger partial charge is 0.216 e. The Hall–Kier alpha value is -1.25. The molecule has 2 heterocycles. The van der Waals surface area contributed by atoms with E-state index in [0.717, 1.165) is 15.6 Å². The summed E-state index contributed by atoms with van der Waals surface area (Å²) in [5.74, 6) is -0.0773. The summed E-state index contributed by atoms with van der Waals surface area (Å²) in [6, 6.07) is 10.7. The molecule has 0 spiro atoms. The SMILES string of the molecule is O=S(=O)(Cc1ccc(Cl)cc1)NCc1csc(-c2cccs2)n1.